The molecule has 6 heteroatoms. The molecule has 0 bridgehead atoms. The summed E-state index contributed by atoms with van der Waals surface area (Å²) in [7, 11) is 0. The molecule has 0 aromatic carbocycles. The number of rotatable bonds is 5. The minimum absolute atomic E-state index is 0.0273. The van der Waals surface area contributed by atoms with Crippen LogP contribution < -0.4 is 5.32 Å². The zero-order valence-electron chi connectivity index (χ0n) is 10.6. The second-order valence-electron chi connectivity index (χ2n) is 4.24. The highest BCUT2D eigenvalue weighted by molar-refractivity contribution is 7.09. The van der Waals surface area contributed by atoms with Crippen molar-refractivity contribution in [1.29, 1.82) is 0 Å². The molecule has 0 aliphatic carbocycles. The monoisotopic (exact) mass is 270 g/mol. The number of thiazole rings is 1. The summed E-state index contributed by atoms with van der Waals surface area (Å²) in [6, 6.07) is -0.0443. The lowest BCUT2D eigenvalue weighted by Crippen LogP contribution is -2.44. The molecule has 5 nitrogen and oxygen atoms in total. The van der Waals surface area contributed by atoms with E-state index in [1.54, 1.807) is 11.3 Å². The fraction of sp³-hybridized carbons (Fsp3) is 0.667. The molecule has 1 saturated heterocycles. The SMILES string of the molecule is CCO[C@@H]1COC[C@H]1NC(=O)Cc1csc(C)n1. The number of aromatic nitrogens is 1. The number of carbonyl (C=O) groups is 1. The highest BCUT2D eigenvalue weighted by Gasteiger charge is 2.29. The molecule has 0 spiro atoms. The molecule has 2 atom stereocenters. The van der Waals surface area contributed by atoms with Crippen molar-refractivity contribution in [1.82, 2.24) is 10.3 Å². The first kappa shape index (κ1) is 13.5. The zero-order valence-corrected chi connectivity index (χ0v) is 11.5. The predicted molar refractivity (Wildman–Crippen MR) is 68.7 cm³/mol. The lowest BCUT2D eigenvalue weighted by Gasteiger charge is -2.18. The summed E-state index contributed by atoms with van der Waals surface area (Å²) in [5.74, 6) is -0.0273. The number of hydrogen-bond donors (Lipinski definition) is 1. The van der Waals surface area contributed by atoms with Crippen LogP contribution in [0.15, 0.2) is 5.38 Å². The Morgan fingerprint density at radius 1 is 1.67 bits per heavy atom. The van der Waals surface area contributed by atoms with Gasteiger partial charge in [-0.25, -0.2) is 4.98 Å². The van der Waals surface area contributed by atoms with Gasteiger partial charge in [0.15, 0.2) is 0 Å². The van der Waals surface area contributed by atoms with Crippen molar-refractivity contribution in [3.05, 3.63) is 16.1 Å². The maximum absolute atomic E-state index is 11.9. The van der Waals surface area contributed by atoms with Crippen LogP contribution in [0.1, 0.15) is 17.6 Å². The molecular weight excluding hydrogens is 252 g/mol. The van der Waals surface area contributed by atoms with Crippen LogP contribution in [0.25, 0.3) is 0 Å². The van der Waals surface area contributed by atoms with E-state index in [4.69, 9.17) is 9.47 Å². The van der Waals surface area contributed by atoms with Crippen molar-refractivity contribution in [2.75, 3.05) is 19.8 Å². The molecule has 0 unspecified atom stereocenters. The van der Waals surface area contributed by atoms with Crippen LogP contribution in [0, 0.1) is 6.92 Å². The van der Waals surface area contributed by atoms with Crippen molar-refractivity contribution >= 4 is 17.2 Å². The van der Waals surface area contributed by atoms with E-state index >= 15 is 0 Å². The van der Waals surface area contributed by atoms with Gasteiger partial charge in [-0.3, -0.25) is 4.79 Å². The van der Waals surface area contributed by atoms with E-state index in [1.807, 2.05) is 19.2 Å². The van der Waals surface area contributed by atoms with E-state index < -0.39 is 0 Å². The summed E-state index contributed by atoms with van der Waals surface area (Å²) >= 11 is 1.56. The van der Waals surface area contributed by atoms with Gasteiger partial charge in [-0.05, 0) is 13.8 Å². The van der Waals surface area contributed by atoms with Gasteiger partial charge in [-0.1, -0.05) is 0 Å². The van der Waals surface area contributed by atoms with Gasteiger partial charge in [0.25, 0.3) is 0 Å². The maximum atomic E-state index is 11.9. The van der Waals surface area contributed by atoms with Crippen LogP contribution in [0.3, 0.4) is 0 Å². The smallest absolute Gasteiger partial charge is 0.226 e. The molecule has 1 amide bonds. The lowest BCUT2D eigenvalue weighted by atomic mass is 10.2. The zero-order chi connectivity index (χ0) is 13.0. The highest BCUT2D eigenvalue weighted by Crippen LogP contribution is 2.11. The summed E-state index contributed by atoms with van der Waals surface area (Å²) < 4.78 is 10.8. The summed E-state index contributed by atoms with van der Waals surface area (Å²) in [4.78, 5) is 16.1. The summed E-state index contributed by atoms with van der Waals surface area (Å²) in [5.41, 5.74) is 0.821. The van der Waals surface area contributed by atoms with Crippen molar-refractivity contribution in [3.63, 3.8) is 0 Å². The van der Waals surface area contributed by atoms with Crippen molar-refractivity contribution < 1.29 is 14.3 Å². The van der Waals surface area contributed by atoms with E-state index in [2.05, 4.69) is 10.3 Å². The number of carbonyl (C=O) groups excluding carboxylic acids is 1. The molecule has 0 radical (unpaired) electrons. The Kier molecular flexibility index (Phi) is 4.68. The fourth-order valence-electron chi connectivity index (χ4n) is 1.96. The van der Waals surface area contributed by atoms with Crippen LogP contribution in [-0.2, 0) is 20.7 Å². The number of amides is 1. The van der Waals surface area contributed by atoms with E-state index in [-0.39, 0.29) is 18.1 Å². The Hall–Kier alpha value is -0.980. The van der Waals surface area contributed by atoms with Gasteiger partial charge in [-0.2, -0.15) is 0 Å². The first-order valence-electron chi connectivity index (χ1n) is 6.08. The number of nitrogens with one attached hydrogen (secondary N) is 1. The Morgan fingerprint density at radius 3 is 3.17 bits per heavy atom. The molecule has 1 fully saturated rings. The lowest BCUT2D eigenvalue weighted by molar-refractivity contribution is -0.122. The molecule has 100 valence electrons. The van der Waals surface area contributed by atoms with Crippen LogP contribution in [0.2, 0.25) is 0 Å². The van der Waals surface area contributed by atoms with Gasteiger partial charge in [0.2, 0.25) is 5.91 Å². The van der Waals surface area contributed by atoms with Gasteiger partial charge in [-0.15, -0.1) is 11.3 Å². The second-order valence-corrected chi connectivity index (χ2v) is 5.30. The van der Waals surface area contributed by atoms with Gasteiger partial charge < -0.3 is 14.8 Å². The first-order valence-corrected chi connectivity index (χ1v) is 6.96. The number of hydrogen-bond acceptors (Lipinski definition) is 5. The van der Waals surface area contributed by atoms with Crippen molar-refractivity contribution in [3.8, 4) is 0 Å². The molecular formula is C12H18N2O3S. The Bertz CT molecular complexity index is 408. The van der Waals surface area contributed by atoms with Crippen LogP contribution >= 0.6 is 11.3 Å². The minimum atomic E-state index is -0.0443. The minimum Gasteiger partial charge on any atom is -0.376 e. The van der Waals surface area contributed by atoms with Gasteiger partial charge in [0, 0.05) is 12.0 Å². The van der Waals surface area contributed by atoms with Crippen LogP contribution in [0.5, 0.6) is 0 Å². The molecule has 1 aliphatic rings. The van der Waals surface area contributed by atoms with Gasteiger partial charge in [0.05, 0.1) is 36.4 Å². The third-order valence-corrected chi connectivity index (χ3v) is 3.59. The number of nitrogens with zero attached hydrogens (tertiary/aromatic N) is 1. The van der Waals surface area contributed by atoms with E-state index in [9.17, 15) is 4.79 Å². The Morgan fingerprint density at radius 2 is 2.50 bits per heavy atom. The van der Waals surface area contributed by atoms with Crippen LogP contribution in [0.4, 0.5) is 0 Å². The second kappa shape index (κ2) is 6.26. The van der Waals surface area contributed by atoms with E-state index in [0.29, 0.717) is 26.2 Å². The molecule has 2 rings (SSSR count). The molecule has 0 saturated carbocycles. The molecule has 2 heterocycles. The summed E-state index contributed by atoms with van der Waals surface area (Å²) in [6.45, 7) is 5.57. The fourth-order valence-corrected chi connectivity index (χ4v) is 2.57. The third-order valence-electron chi connectivity index (χ3n) is 2.76. The summed E-state index contributed by atoms with van der Waals surface area (Å²) in [5, 5.41) is 5.84. The normalized spacial score (nSPS) is 23.2. The van der Waals surface area contributed by atoms with Crippen molar-refractivity contribution in [2.45, 2.75) is 32.4 Å². The average Bonchev–Trinajstić information content (AvgIpc) is 2.90. The molecule has 1 aliphatic heterocycles. The largest absolute Gasteiger partial charge is 0.376 e. The third kappa shape index (κ3) is 3.51. The van der Waals surface area contributed by atoms with E-state index in [0.717, 1.165) is 10.7 Å². The van der Waals surface area contributed by atoms with Gasteiger partial charge in [0.1, 0.15) is 6.10 Å². The topological polar surface area (TPSA) is 60.5 Å². The van der Waals surface area contributed by atoms with Gasteiger partial charge >= 0.3 is 0 Å². The molecule has 1 aromatic rings. The van der Waals surface area contributed by atoms with Crippen molar-refractivity contribution in [2.24, 2.45) is 0 Å². The highest BCUT2D eigenvalue weighted by atomic mass is 32.1. The Labute approximate surface area is 111 Å². The average molecular weight is 270 g/mol. The quantitative estimate of drug-likeness (QED) is 0.864. The van der Waals surface area contributed by atoms with E-state index in [1.165, 1.54) is 0 Å². The summed E-state index contributed by atoms with van der Waals surface area (Å²) in [6.07, 6.45) is 0.288. The molecule has 1 aromatic heterocycles. The number of ether oxygens (including phenoxy) is 2. The molecule has 1 N–H and O–H groups in total. The number of aryl methyl sites for hydroxylation is 1. The van der Waals surface area contributed by atoms with Crippen LogP contribution in [-0.4, -0.2) is 42.9 Å². The first-order chi connectivity index (χ1) is 8.69. The Balaban J connectivity index is 1.83. The maximum Gasteiger partial charge on any atom is 0.226 e. The molecule has 18 heavy (non-hydrogen) atoms. The standard InChI is InChI=1S/C12H18N2O3S/c1-3-17-11-6-16-5-10(11)14-12(15)4-9-7-18-8(2)13-9/h7,10-11H,3-6H2,1-2H3,(H,14,15)/t10-,11-/m1/s1. The predicted octanol–water partition coefficient (Wildman–Crippen LogP) is 0.914.